The Morgan fingerprint density at radius 3 is 2.87 bits per heavy atom. The van der Waals surface area contributed by atoms with Gasteiger partial charge in [0.25, 0.3) is 0 Å². The Morgan fingerprint density at radius 2 is 2.22 bits per heavy atom. The molecule has 6 nitrogen and oxygen atoms in total. The summed E-state index contributed by atoms with van der Waals surface area (Å²) in [5.74, 6) is 0.614. The normalized spacial score (nSPS) is 29.8. The van der Waals surface area contributed by atoms with Crippen LogP contribution in [0, 0.1) is 5.41 Å². The largest absolute Gasteiger partial charge is 0.392 e. The summed E-state index contributed by atoms with van der Waals surface area (Å²) in [6, 6.07) is 0. The number of guanidine groups is 1. The van der Waals surface area contributed by atoms with Crippen LogP contribution in [0.25, 0.3) is 0 Å². The number of rotatable bonds is 3. The summed E-state index contributed by atoms with van der Waals surface area (Å²) in [4.78, 5) is 13.4. The second kappa shape index (κ2) is 7.05. The highest BCUT2D eigenvalue weighted by atomic mass is 32.1. The van der Waals surface area contributed by atoms with Crippen molar-refractivity contribution in [1.29, 1.82) is 0 Å². The number of aliphatic imine (C=N–C) groups is 1. The Balaban J connectivity index is 1.53. The number of aliphatic hydroxyl groups is 1. The molecular weight excluding hydrogens is 310 g/mol. The molecule has 23 heavy (non-hydrogen) atoms. The molecule has 1 aromatic heterocycles. The topological polar surface area (TPSA) is 78.0 Å². The number of aliphatic hydroxyl groups excluding tert-OH is 1. The number of aromatic nitrogens is 1. The Bertz CT molecular complexity index is 527. The Hall–Kier alpha value is -1.34. The number of hydrogen-bond acceptors (Lipinski definition) is 5. The molecule has 0 aromatic carbocycles. The first-order chi connectivity index (χ1) is 11.1. The summed E-state index contributed by atoms with van der Waals surface area (Å²) < 4.78 is 0. The highest BCUT2D eigenvalue weighted by Crippen LogP contribution is 2.36. The lowest BCUT2D eigenvalue weighted by Gasteiger charge is -2.38. The summed E-state index contributed by atoms with van der Waals surface area (Å²) in [6.07, 6.45) is 5.80. The molecule has 0 radical (unpaired) electrons. The van der Waals surface area contributed by atoms with Crippen molar-refractivity contribution in [3.8, 4) is 0 Å². The van der Waals surface area contributed by atoms with Crippen LogP contribution in [0.5, 0.6) is 0 Å². The van der Waals surface area contributed by atoms with Gasteiger partial charge >= 0.3 is 0 Å². The van der Waals surface area contributed by atoms with Gasteiger partial charge < -0.3 is 20.6 Å². The summed E-state index contributed by atoms with van der Waals surface area (Å²) in [5.41, 5.74) is 6.08. The molecule has 1 saturated carbocycles. The number of nitrogens with two attached hydrogens (primary N) is 1. The lowest BCUT2D eigenvalue weighted by molar-refractivity contribution is 0.00707. The molecule has 2 heterocycles. The van der Waals surface area contributed by atoms with E-state index >= 15 is 0 Å². The number of piperazine rings is 1. The molecule has 3 rings (SSSR count). The Morgan fingerprint density at radius 1 is 1.43 bits per heavy atom. The lowest BCUT2D eigenvalue weighted by Crippen LogP contribution is -2.51. The van der Waals surface area contributed by atoms with Crippen molar-refractivity contribution in [3.63, 3.8) is 0 Å². The predicted octanol–water partition coefficient (Wildman–Crippen LogP) is 1.52. The highest BCUT2D eigenvalue weighted by molar-refractivity contribution is 7.13. The molecular formula is C16H27N5OS. The van der Waals surface area contributed by atoms with E-state index in [1.807, 2.05) is 11.6 Å². The van der Waals surface area contributed by atoms with Crippen molar-refractivity contribution in [2.24, 2.45) is 16.1 Å². The van der Waals surface area contributed by atoms with E-state index in [0.29, 0.717) is 12.5 Å². The third-order valence-corrected chi connectivity index (χ3v) is 6.01. The molecule has 128 valence electrons. The minimum absolute atomic E-state index is 0.119. The predicted molar refractivity (Wildman–Crippen MR) is 95.0 cm³/mol. The smallest absolute Gasteiger partial charge is 0.191 e. The van der Waals surface area contributed by atoms with Gasteiger partial charge in [0.05, 0.1) is 12.6 Å². The van der Waals surface area contributed by atoms with Gasteiger partial charge in [-0.15, -0.1) is 11.3 Å². The number of anilines is 1. The van der Waals surface area contributed by atoms with Gasteiger partial charge in [0.2, 0.25) is 0 Å². The number of nitrogens with zero attached hydrogens (tertiary/aromatic N) is 4. The van der Waals surface area contributed by atoms with Gasteiger partial charge in [-0.05, 0) is 12.8 Å². The zero-order valence-electron chi connectivity index (χ0n) is 13.8. The van der Waals surface area contributed by atoms with Gasteiger partial charge in [0, 0.05) is 43.2 Å². The van der Waals surface area contributed by atoms with E-state index in [0.717, 1.165) is 50.6 Å². The molecule has 1 aliphatic carbocycles. The minimum atomic E-state index is -0.255. The second-order valence-electron chi connectivity index (χ2n) is 6.88. The standard InChI is InChI=1S/C16H27N5OS/c1-16(5-3-2-4-13(16)22)12-19-14(17)20-7-9-21(10-8-20)15-18-6-11-23-15/h6,11,13,22H,2-5,7-10,12H2,1H3,(H2,17,19). The van der Waals surface area contributed by atoms with Crippen molar-refractivity contribution >= 4 is 22.4 Å². The molecule has 3 N–H and O–H groups in total. The minimum Gasteiger partial charge on any atom is -0.392 e. The maximum absolute atomic E-state index is 10.3. The van der Waals surface area contributed by atoms with E-state index in [-0.39, 0.29) is 11.5 Å². The fourth-order valence-corrected chi connectivity index (χ4v) is 4.12. The van der Waals surface area contributed by atoms with Crippen molar-refractivity contribution < 1.29 is 5.11 Å². The van der Waals surface area contributed by atoms with E-state index in [2.05, 4.69) is 26.7 Å². The molecule has 2 fully saturated rings. The molecule has 2 unspecified atom stereocenters. The molecule has 2 atom stereocenters. The van der Waals surface area contributed by atoms with Crippen LogP contribution in [-0.2, 0) is 0 Å². The molecule has 2 aliphatic rings. The average molecular weight is 337 g/mol. The van der Waals surface area contributed by atoms with E-state index in [9.17, 15) is 5.11 Å². The fourth-order valence-electron chi connectivity index (χ4n) is 3.43. The Kier molecular flexibility index (Phi) is 5.06. The van der Waals surface area contributed by atoms with E-state index in [1.54, 1.807) is 11.3 Å². The van der Waals surface area contributed by atoms with Gasteiger partial charge in [0.1, 0.15) is 0 Å². The zero-order valence-corrected chi connectivity index (χ0v) is 14.6. The van der Waals surface area contributed by atoms with Crippen molar-refractivity contribution in [2.45, 2.75) is 38.7 Å². The van der Waals surface area contributed by atoms with Crippen LogP contribution in [0.2, 0.25) is 0 Å². The SMILES string of the molecule is CC1(CN=C(N)N2CCN(c3nccs3)CC2)CCCCC1O. The van der Waals surface area contributed by atoms with Crippen LogP contribution < -0.4 is 10.6 Å². The van der Waals surface area contributed by atoms with Gasteiger partial charge in [-0.1, -0.05) is 19.8 Å². The molecule has 1 aliphatic heterocycles. The fraction of sp³-hybridized carbons (Fsp3) is 0.750. The first-order valence-electron chi connectivity index (χ1n) is 8.46. The van der Waals surface area contributed by atoms with Crippen LogP contribution in [0.15, 0.2) is 16.6 Å². The van der Waals surface area contributed by atoms with Crippen LogP contribution in [0.4, 0.5) is 5.13 Å². The number of hydrogen-bond donors (Lipinski definition) is 2. The van der Waals surface area contributed by atoms with Crippen LogP contribution >= 0.6 is 11.3 Å². The van der Waals surface area contributed by atoms with Crippen molar-refractivity contribution in [3.05, 3.63) is 11.6 Å². The summed E-state index contributed by atoms with van der Waals surface area (Å²) in [5, 5.41) is 13.3. The summed E-state index contributed by atoms with van der Waals surface area (Å²) in [7, 11) is 0. The van der Waals surface area contributed by atoms with E-state index < -0.39 is 0 Å². The van der Waals surface area contributed by atoms with Gasteiger partial charge in [-0.25, -0.2) is 4.98 Å². The third-order valence-electron chi connectivity index (χ3n) is 5.18. The second-order valence-corrected chi connectivity index (χ2v) is 7.75. The molecule has 1 saturated heterocycles. The molecule has 0 spiro atoms. The molecule has 1 aromatic rings. The van der Waals surface area contributed by atoms with Gasteiger partial charge in [-0.2, -0.15) is 0 Å². The maximum Gasteiger partial charge on any atom is 0.191 e. The Labute approximate surface area is 142 Å². The third kappa shape index (κ3) is 3.77. The van der Waals surface area contributed by atoms with Crippen molar-refractivity contribution in [1.82, 2.24) is 9.88 Å². The quantitative estimate of drug-likeness (QED) is 0.646. The van der Waals surface area contributed by atoms with Crippen LogP contribution in [0.3, 0.4) is 0 Å². The van der Waals surface area contributed by atoms with E-state index in [1.165, 1.54) is 6.42 Å². The molecule has 0 amide bonds. The van der Waals surface area contributed by atoms with Gasteiger partial charge in [0.15, 0.2) is 11.1 Å². The summed E-state index contributed by atoms with van der Waals surface area (Å²) in [6.45, 7) is 6.33. The highest BCUT2D eigenvalue weighted by Gasteiger charge is 2.35. The average Bonchev–Trinajstić information content (AvgIpc) is 3.10. The monoisotopic (exact) mass is 337 g/mol. The first-order valence-corrected chi connectivity index (χ1v) is 9.34. The van der Waals surface area contributed by atoms with Crippen LogP contribution in [0.1, 0.15) is 32.6 Å². The van der Waals surface area contributed by atoms with Crippen LogP contribution in [-0.4, -0.2) is 59.8 Å². The zero-order chi connectivity index (χ0) is 16.3. The molecule has 7 heteroatoms. The van der Waals surface area contributed by atoms with E-state index in [4.69, 9.17) is 5.73 Å². The molecule has 0 bridgehead atoms. The van der Waals surface area contributed by atoms with Gasteiger partial charge in [-0.3, -0.25) is 4.99 Å². The van der Waals surface area contributed by atoms with Crippen molar-refractivity contribution in [2.75, 3.05) is 37.6 Å². The maximum atomic E-state index is 10.3. The number of thiazole rings is 1. The summed E-state index contributed by atoms with van der Waals surface area (Å²) >= 11 is 1.67. The lowest BCUT2D eigenvalue weighted by atomic mass is 9.73. The first kappa shape index (κ1) is 16.5.